The molecule has 0 atom stereocenters. The fourth-order valence-corrected chi connectivity index (χ4v) is 1.38. The number of nitrogens with one attached hydrogen (secondary N) is 3. The van der Waals surface area contributed by atoms with E-state index in [2.05, 4.69) is 39.9 Å². The van der Waals surface area contributed by atoms with Crippen LogP contribution in [-0.2, 0) is 0 Å². The average Bonchev–Trinajstić information content (AvgIpc) is 2.33. The van der Waals surface area contributed by atoms with Crippen molar-refractivity contribution in [2.24, 2.45) is 0 Å². The zero-order chi connectivity index (χ0) is 13.4. The van der Waals surface area contributed by atoms with Gasteiger partial charge >= 0.3 is 0 Å². The van der Waals surface area contributed by atoms with Gasteiger partial charge in [0.2, 0.25) is 5.95 Å². The highest BCUT2D eigenvalue weighted by Crippen LogP contribution is 2.14. The second-order valence-corrected chi connectivity index (χ2v) is 4.32. The highest BCUT2D eigenvalue weighted by molar-refractivity contribution is 5.51. The van der Waals surface area contributed by atoms with Gasteiger partial charge in [-0.15, -0.1) is 0 Å². The lowest BCUT2D eigenvalue weighted by Gasteiger charge is -2.15. The Hall–Kier alpha value is -1.56. The van der Waals surface area contributed by atoms with Gasteiger partial charge in [0.05, 0.1) is 0 Å². The first-order chi connectivity index (χ1) is 8.65. The van der Waals surface area contributed by atoms with Crippen molar-refractivity contribution in [3.63, 3.8) is 0 Å². The third-order valence-corrected chi connectivity index (χ3v) is 2.16. The van der Waals surface area contributed by atoms with Gasteiger partial charge in [0.25, 0.3) is 0 Å². The molecule has 102 valence electrons. The Morgan fingerprint density at radius 1 is 1.00 bits per heavy atom. The van der Waals surface area contributed by atoms with Crippen LogP contribution in [0.3, 0.4) is 0 Å². The maximum atomic E-state index is 4.40. The van der Waals surface area contributed by atoms with Crippen LogP contribution in [-0.4, -0.2) is 42.2 Å². The van der Waals surface area contributed by atoms with Crippen molar-refractivity contribution in [1.29, 1.82) is 0 Å². The van der Waals surface area contributed by atoms with Gasteiger partial charge in [-0.2, -0.15) is 9.97 Å². The Labute approximate surface area is 109 Å². The minimum atomic E-state index is 0.597. The standard InChI is InChI=1S/C12H24N6/c1-5-7-13-10-9-11(14-8-6-2)16-12(15-10)17-18(3)4/h9H,5-8H2,1-4H3,(H3,13,14,15,16,17). The predicted octanol–water partition coefficient (Wildman–Crippen LogP) is 2.01. The summed E-state index contributed by atoms with van der Waals surface area (Å²) in [5.74, 6) is 2.28. The summed E-state index contributed by atoms with van der Waals surface area (Å²) in [6.07, 6.45) is 2.14. The first-order valence-corrected chi connectivity index (χ1v) is 6.46. The molecule has 6 heteroatoms. The summed E-state index contributed by atoms with van der Waals surface area (Å²) in [5, 5.41) is 8.37. The van der Waals surface area contributed by atoms with E-state index in [9.17, 15) is 0 Å². The maximum absolute atomic E-state index is 4.40. The van der Waals surface area contributed by atoms with Gasteiger partial charge < -0.3 is 10.6 Å². The van der Waals surface area contributed by atoms with E-state index in [-0.39, 0.29) is 0 Å². The van der Waals surface area contributed by atoms with Crippen molar-refractivity contribution in [3.05, 3.63) is 6.07 Å². The molecule has 0 aromatic carbocycles. The van der Waals surface area contributed by atoms with Gasteiger partial charge in [-0.1, -0.05) is 13.8 Å². The Morgan fingerprint density at radius 2 is 1.50 bits per heavy atom. The van der Waals surface area contributed by atoms with E-state index in [1.807, 2.05) is 25.2 Å². The van der Waals surface area contributed by atoms with Gasteiger partial charge in [0.15, 0.2) is 0 Å². The van der Waals surface area contributed by atoms with Crippen LogP contribution in [0.5, 0.6) is 0 Å². The molecule has 0 aliphatic carbocycles. The SMILES string of the molecule is CCCNc1cc(NCCC)nc(NN(C)C)n1. The fourth-order valence-electron chi connectivity index (χ4n) is 1.38. The molecule has 0 aliphatic heterocycles. The second-order valence-electron chi connectivity index (χ2n) is 4.32. The lowest BCUT2D eigenvalue weighted by Crippen LogP contribution is -2.22. The predicted molar refractivity (Wildman–Crippen MR) is 76.9 cm³/mol. The molecule has 3 N–H and O–H groups in total. The number of hydrazine groups is 1. The summed E-state index contributed by atoms with van der Waals surface area (Å²) < 4.78 is 0. The minimum absolute atomic E-state index is 0.597. The Bertz CT molecular complexity index is 326. The molecule has 1 heterocycles. The van der Waals surface area contributed by atoms with Crippen LogP contribution in [0.4, 0.5) is 17.6 Å². The topological polar surface area (TPSA) is 65.1 Å². The second kappa shape index (κ2) is 7.71. The van der Waals surface area contributed by atoms with Crippen LogP contribution in [0, 0.1) is 0 Å². The van der Waals surface area contributed by atoms with Gasteiger partial charge in [-0.3, -0.25) is 5.43 Å². The Balaban J connectivity index is 2.81. The van der Waals surface area contributed by atoms with Crippen LogP contribution in [0.15, 0.2) is 6.07 Å². The lowest BCUT2D eigenvalue weighted by molar-refractivity contribution is 0.489. The number of hydrogen-bond donors (Lipinski definition) is 3. The summed E-state index contributed by atoms with van der Waals surface area (Å²) in [6, 6.07) is 1.94. The molecule has 0 radical (unpaired) electrons. The van der Waals surface area contributed by atoms with Crippen molar-refractivity contribution < 1.29 is 0 Å². The summed E-state index contributed by atoms with van der Waals surface area (Å²) in [6.45, 7) is 6.07. The van der Waals surface area contributed by atoms with Crippen LogP contribution in [0.25, 0.3) is 0 Å². The monoisotopic (exact) mass is 252 g/mol. The smallest absolute Gasteiger partial charge is 0.241 e. The van der Waals surface area contributed by atoms with E-state index < -0.39 is 0 Å². The molecule has 0 spiro atoms. The summed E-state index contributed by atoms with van der Waals surface area (Å²) in [7, 11) is 3.82. The number of rotatable bonds is 8. The number of hydrogen-bond acceptors (Lipinski definition) is 6. The van der Waals surface area contributed by atoms with Gasteiger partial charge in [0.1, 0.15) is 11.6 Å². The molecule has 1 aromatic rings. The molecule has 1 rings (SSSR count). The molecule has 0 bridgehead atoms. The zero-order valence-corrected chi connectivity index (χ0v) is 11.7. The Kier molecular flexibility index (Phi) is 6.21. The molecule has 0 saturated carbocycles. The van der Waals surface area contributed by atoms with E-state index in [1.165, 1.54) is 0 Å². The lowest BCUT2D eigenvalue weighted by atomic mass is 10.4. The summed E-state index contributed by atoms with van der Waals surface area (Å²) in [4.78, 5) is 8.81. The Morgan fingerprint density at radius 3 is 1.89 bits per heavy atom. The molecule has 6 nitrogen and oxygen atoms in total. The number of nitrogens with zero attached hydrogens (tertiary/aromatic N) is 3. The largest absolute Gasteiger partial charge is 0.370 e. The quantitative estimate of drug-likeness (QED) is 0.615. The zero-order valence-electron chi connectivity index (χ0n) is 11.7. The molecule has 0 amide bonds. The minimum Gasteiger partial charge on any atom is -0.370 e. The van der Waals surface area contributed by atoms with Gasteiger partial charge in [-0.25, -0.2) is 5.01 Å². The molecule has 0 unspecified atom stereocenters. The molecule has 0 saturated heterocycles. The normalized spacial score (nSPS) is 10.5. The molecule has 0 aliphatic rings. The van der Waals surface area contributed by atoms with Crippen molar-refractivity contribution in [2.45, 2.75) is 26.7 Å². The summed E-state index contributed by atoms with van der Waals surface area (Å²) >= 11 is 0. The van der Waals surface area contributed by atoms with E-state index in [4.69, 9.17) is 0 Å². The first-order valence-electron chi connectivity index (χ1n) is 6.46. The van der Waals surface area contributed by atoms with Gasteiger partial charge in [-0.05, 0) is 12.8 Å². The first kappa shape index (κ1) is 14.5. The molecule has 18 heavy (non-hydrogen) atoms. The van der Waals surface area contributed by atoms with E-state index in [0.29, 0.717) is 5.95 Å². The van der Waals surface area contributed by atoms with Crippen molar-refractivity contribution >= 4 is 17.6 Å². The van der Waals surface area contributed by atoms with Crippen molar-refractivity contribution in [2.75, 3.05) is 43.2 Å². The van der Waals surface area contributed by atoms with Crippen molar-refractivity contribution in [3.8, 4) is 0 Å². The maximum Gasteiger partial charge on any atom is 0.241 e. The van der Waals surface area contributed by atoms with Crippen molar-refractivity contribution in [1.82, 2.24) is 15.0 Å². The van der Waals surface area contributed by atoms with Gasteiger partial charge in [0, 0.05) is 33.3 Å². The molecule has 1 aromatic heterocycles. The molecular weight excluding hydrogens is 228 g/mol. The highest BCUT2D eigenvalue weighted by atomic mass is 15.5. The number of aromatic nitrogens is 2. The molecule has 0 fully saturated rings. The van der Waals surface area contributed by atoms with Crippen LogP contribution >= 0.6 is 0 Å². The van der Waals surface area contributed by atoms with E-state index in [0.717, 1.165) is 37.6 Å². The third kappa shape index (κ3) is 5.18. The summed E-state index contributed by atoms with van der Waals surface area (Å²) in [5.41, 5.74) is 3.07. The highest BCUT2D eigenvalue weighted by Gasteiger charge is 2.04. The van der Waals surface area contributed by atoms with Crippen LogP contribution in [0.1, 0.15) is 26.7 Å². The number of anilines is 3. The van der Waals surface area contributed by atoms with Crippen LogP contribution in [0.2, 0.25) is 0 Å². The van der Waals surface area contributed by atoms with Crippen LogP contribution < -0.4 is 16.1 Å². The average molecular weight is 252 g/mol. The van der Waals surface area contributed by atoms with E-state index >= 15 is 0 Å². The third-order valence-electron chi connectivity index (χ3n) is 2.16. The van der Waals surface area contributed by atoms with E-state index in [1.54, 1.807) is 0 Å². The fraction of sp³-hybridized carbons (Fsp3) is 0.667. The molecular formula is C12H24N6.